The zero-order valence-electron chi connectivity index (χ0n) is 34.0. The molecular weight excluding hydrogens is 721 g/mol. The first-order chi connectivity index (χ1) is 27.1. The van der Waals surface area contributed by atoms with Gasteiger partial charge in [0, 0.05) is 6.42 Å². The van der Waals surface area contributed by atoms with Gasteiger partial charge in [-0.2, -0.15) is 0 Å². The van der Waals surface area contributed by atoms with Crippen LogP contribution >= 0.6 is 7.82 Å². The van der Waals surface area contributed by atoms with Crippen LogP contribution in [0.2, 0.25) is 0 Å². The number of benzene rings is 3. The van der Waals surface area contributed by atoms with Crippen molar-refractivity contribution in [1.29, 1.82) is 0 Å². The predicted molar refractivity (Wildman–Crippen MR) is 228 cm³/mol. The first kappa shape index (κ1) is 46.5. The van der Waals surface area contributed by atoms with Crippen molar-refractivity contribution >= 4 is 13.8 Å². The van der Waals surface area contributed by atoms with Crippen molar-refractivity contribution in [1.82, 2.24) is 0 Å². The van der Waals surface area contributed by atoms with E-state index in [-0.39, 0.29) is 19.6 Å². The zero-order chi connectivity index (χ0) is 40.4. The largest absolute Gasteiger partial charge is 0.472 e. The predicted octanol–water partition coefficient (Wildman–Crippen LogP) is 10.9. The van der Waals surface area contributed by atoms with Gasteiger partial charge in [-0.05, 0) is 61.6 Å². The van der Waals surface area contributed by atoms with E-state index in [0.717, 1.165) is 42.4 Å². The van der Waals surface area contributed by atoms with Gasteiger partial charge in [-0.1, -0.05) is 159 Å². The Hall–Kier alpha value is -3.88. The normalized spacial score (nSPS) is 14.2. The van der Waals surface area contributed by atoms with E-state index in [1.54, 1.807) is 0 Å². The minimum Gasteiger partial charge on any atom is -0.457 e. The maximum Gasteiger partial charge on any atom is 0.472 e. The Labute approximate surface area is 336 Å². The molecule has 0 heterocycles. The molecule has 3 rings (SSSR count). The Morgan fingerprint density at radius 1 is 0.679 bits per heavy atom. The summed E-state index contributed by atoms with van der Waals surface area (Å²) in [4.78, 5) is 23.7. The number of unbranched alkanes of at least 4 members (excludes halogenated alkanes) is 4. The number of nitrogens with zero attached hydrogens (tertiary/aromatic N) is 1. The molecule has 0 saturated carbocycles. The molecule has 304 valence electrons. The lowest BCUT2D eigenvalue weighted by Crippen LogP contribution is -2.38. The first-order valence-electron chi connectivity index (χ1n) is 20.1. The van der Waals surface area contributed by atoms with Gasteiger partial charge >= 0.3 is 13.8 Å². The van der Waals surface area contributed by atoms with E-state index in [0.29, 0.717) is 17.4 Å². The number of phosphoric acid groups is 1. The second kappa shape index (κ2) is 26.1. The lowest BCUT2D eigenvalue weighted by molar-refractivity contribution is -0.870. The van der Waals surface area contributed by atoms with E-state index in [1.807, 2.05) is 112 Å². The van der Waals surface area contributed by atoms with Gasteiger partial charge in [-0.3, -0.25) is 13.8 Å². The Morgan fingerprint density at radius 3 is 1.61 bits per heavy atom. The van der Waals surface area contributed by atoms with Crippen LogP contribution in [0.15, 0.2) is 140 Å². The number of hydrogen-bond acceptors (Lipinski definition) is 6. The van der Waals surface area contributed by atoms with E-state index < -0.39 is 32.1 Å². The molecule has 1 N–H and O–H groups in total. The summed E-state index contributed by atoms with van der Waals surface area (Å²) in [7, 11) is 1.43. The highest BCUT2D eigenvalue weighted by Gasteiger charge is 2.39. The molecule has 2 atom stereocenters. The van der Waals surface area contributed by atoms with E-state index in [4.69, 9.17) is 18.5 Å². The summed E-state index contributed by atoms with van der Waals surface area (Å²) in [5.41, 5.74) is 1.54. The summed E-state index contributed by atoms with van der Waals surface area (Å²) in [6.45, 7) is 2.23. The smallest absolute Gasteiger partial charge is 0.457 e. The number of esters is 1. The van der Waals surface area contributed by atoms with Gasteiger partial charge in [0.1, 0.15) is 24.9 Å². The molecule has 0 fully saturated rings. The van der Waals surface area contributed by atoms with Crippen LogP contribution in [-0.4, -0.2) is 69.0 Å². The van der Waals surface area contributed by atoms with Crippen LogP contribution in [0.25, 0.3) is 0 Å². The summed E-state index contributed by atoms with van der Waals surface area (Å²) in [5.74, 6) is -0.443. The molecule has 0 spiro atoms. The van der Waals surface area contributed by atoms with Gasteiger partial charge in [0.15, 0.2) is 0 Å². The lowest BCUT2D eigenvalue weighted by atomic mass is 9.80. The second-order valence-corrected chi connectivity index (χ2v) is 16.2. The van der Waals surface area contributed by atoms with E-state index in [9.17, 15) is 14.3 Å². The van der Waals surface area contributed by atoms with Gasteiger partial charge in [0.05, 0.1) is 34.4 Å². The zero-order valence-corrected chi connectivity index (χ0v) is 34.9. The fourth-order valence-corrected chi connectivity index (χ4v) is 6.66. The molecule has 8 nitrogen and oxygen atoms in total. The Morgan fingerprint density at radius 2 is 1.14 bits per heavy atom. The highest BCUT2D eigenvalue weighted by Crippen LogP contribution is 2.44. The Kier molecular flexibility index (Phi) is 21.7. The number of ether oxygens (including phenoxy) is 2. The maximum absolute atomic E-state index is 13.2. The third-order valence-electron chi connectivity index (χ3n) is 8.97. The molecule has 3 aromatic carbocycles. The lowest BCUT2D eigenvalue weighted by Gasteiger charge is -2.37. The van der Waals surface area contributed by atoms with Crippen LogP contribution in [0.3, 0.4) is 0 Å². The maximum atomic E-state index is 13.2. The Balaban J connectivity index is 1.63. The van der Waals surface area contributed by atoms with Crippen LogP contribution in [-0.2, 0) is 33.5 Å². The van der Waals surface area contributed by atoms with Gasteiger partial charge < -0.3 is 18.9 Å². The molecule has 0 saturated heterocycles. The molecule has 0 radical (unpaired) electrons. The molecule has 56 heavy (non-hydrogen) atoms. The quantitative estimate of drug-likeness (QED) is 0.0196. The molecular formula is C47H65NO7P+. The molecule has 9 heteroatoms. The van der Waals surface area contributed by atoms with Crippen molar-refractivity contribution in [2.75, 3.05) is 47.5 Å². The molecule has 0 aliphatic rings. The van der Waals surface area contributed by atoms with Crippen LogP contribution in [0.1, 0.15) is 87.8 Å². The van der Waals surface area contributed by atoms with Crippen molar-refractivity contribution in [3.8, 4) is 0 Å². The van der Waals surface area contributed by atoms with Gasteiger partial charge in [-0.15, -0.1) is 0 Å². The number of carbonyl (C=O) groups is 1. The van der Waals surface area contributed by atoms with Crippen LogP contribution in [0.4, 0.5) is 0 Å². The van der Waals surface area contributed by atoms with Crippen molar-refractivity contribution in [2.24, 2.45) is 0 Å². The van der Waals surface area contributed by atoms with Crippen molar-refractivity contribution in [3.05, 3.63) is 156 Å². The highest BCUT2D eigenvalue weighted by atomic mass is 31.2. The van der Waals surface area contributed by atoms with Gasteiger partial charge in [-0.25, -0.2) is 4.57 Å². The SMILES string of the molecule is CCCCCC=CCC=CCC=CCC=CCCCC(=O)O[C@H](COC(c1ccccc1)(c1ccccc1)c1ccccc1)COP(=O)(O)OCC[N+](C)(C)C. The number of carbonyl (C=O) groups excluding carboxylic acids is 1. The van der Waals surface area contributed by atoms with E-state index in [1.165, 1.54) is 25.7 Å². The van der Waals surface area contributed by atoms with Crippen molar-refractivity contribution < 1.29 is 37.3 Å². The number of quaternary nitrogens is 1. The average molecular weight is 787 g/mol. The minimum absolute atomic E-state index is 0.0227. The molecule has 0 aliphatic carbocycles. The van der Waals surface area contributed by atoms with E-state index >= 15 is 0 Å². The Bertz CT molecular complexity index is 1570. The standard InChI is InChI=1S/C47H64NO7P/c1-5-6-7-8-9-10-11-12-13-14-15-16-17-18-19-20-30-37-46(49)55-45(41-54-56(50,51)53-39-38-48(2,3)4)40-52-47(42-31-24-21-25-32-42,43-33-26-22-27-34-43)44-35-28-23-29-36-44/h9-10,12-13,15-16,18-19,21-29,31-36,45H,5-8,11,14,17,20,30,37-41H2,1-4H3/p+1/t45-/m1/s1. The molecule has 0 bridgehead atoms. The van der Waals surface area contributed by atoms with Crippen LogP contribution in [0.5, 0.6) is 0 Å². The number of hydrogen-bond donors (Lipinski definition) is 1. The van der Waals surface area contributed by atoms with Gasteiger partial charge in [0.2, 0.25) is 0 Å². The summed E-state index contributed by atoms with van der Waals surface area (Å²) in [6.07, 6.45) is 25.6. The third kappa shape index (κ3) is 18.4. The summed E-state index contributed by atoms with van der Waals surface area (Å²) >= 11 is 0. The fourth-order valence-electron chi connectivity index (χ4n) is 5.92. The van der Waals surface area contributed by atoms with Crippen LogP contribution in [0, 0.1) is 0 Å². The second-order valence-electron chi connectivity index (χ2n) is 14.8. The monoisotopic (exact) mass is 786 g/mol. The number of allylic oxidation sites excluding steroid dienone is 8. The molecule has 1 unspecified atom stereocenters. The van der Waals surface area contributed by atoms with Crippen molar-refractivity contribution in [2.45, 2.75) is 82.8 Å². The minimum atomic E-state index is -4.45. The molecule has 3 aromatic rings. The number of rotatable bonds is 28. The van der Waals surface area contributed by atoms with Gasteiger partial charge in [0.25, 0.3) is 0 Å². The topological polar surface area (TPSA) is 91.3 Å². The first-order valence-corrected chi connectivity index (χ1v) is 21.6. The number of phosphoric ester groups is 1. The van der Waals surface area contributed by atoms with E-state index in [2.05, 4.69) is 55.5 Å². The summed E-state index contributed by atoms with van der Waals surface area (Å²) in [6, 6.07) is 29.5. The molecule has 0 amide bonds. The third-order valence-corrected chi connectivity index (χ3v) is 9.96. The fraction of sp³-hybridized carbons (Fsp3) is 0.426. The van der Waals surface area contributed by atoms with Crippen molar-refractivity contribution in [3.63, 3.8) is 0 Å². The summed E-state index contributed by atoms with van der Waals surface area (Å²) < 4.78 is 36.9. The molecule has 0 aromatic heterocycles. The number of likely N-dealkylation sites (N-methyl/N-ethyl adjacent to an activating group) is 1. The summed E-state index contributed by atoms with van der Waals surface area (Å²) in [5, 5.41) is 0. The average Bonchev–Trinajstić information content (AvgIpc) is 3.19. The van der Waals surface area contributed by atoms with Crippen LogP contribution < -0.4 is 0 Å². The highest BCUT2D eigenvalue weighted by molar-refractivity contribution is 7.47. The molecule has 0 aliphatic heterocycles.